The van der Waals surface area contributed by atoms with Crippen LogP contribution in [0.3, 0.4) is 0 Å². The molecule has 4 heteroatoms. The lowest BCUT2D eigenvalue weighted by Gasteiger charge is -2.17. The largest absolute Gasteiger partial charge is 0.490 e. The Hall–Kier alpha value is -1.55. The molecule has 1 aliphatic rings. The van der Waals surface area contributed by atoms with Crippen LogP contribution in [0.2, 0.25) is 0 Å². The first-order chi connectivity index (χ1) is 9.02. The van der Waals surface area contributed by atoms with Crippen LogP contribution >= 0.6 is 0 Å². The van der Waals surface area contributed by atoms with Crippen LogP contribution in [0, 0.1) is 13.8 Å². The SMILES string of the molecule is CCc1c(C)c(OC[C@H]2CO2)cc(C)c1OC(C)=O. The van der Waals surface area contributed by atoms with E-state index in [1.807, 2.05) is 26.8 Å². The summed E-state index contributed by atoms with van der Waals surface area (Å²) in [6, 6.07) is 1.93. The molecule has 0 amide bonds. The van der Waals surface area contributed by atoms with Gasteiger partial charge in [0, 0.05) is 12.5 Å². The van der Waals surface area contributed by atoms with Gasteiger partial charge < -0.3 is 14.2 Å². The fourth-order valence-corrected chi connectivity index (χ4v) is 2.14. The fraction of sp³-hybridized carbons (Fsp3) is 0.533. The summed E-state index contributed by atoms with van der Waals surface area (Å²) in [6.07, 6.45) is 1.03. The van der Waals surface area contributed by atoms with E-state index in [2.05, 4.69) is 0 Å². The molecule has 19 heavy (non-hydrogen) atoms. The molecule has 1 atom stereocenters. The van der Waals surface area contributed by atoms with Gasteiger partial charge >= 0.3 is 5.97 Å². The molecule has 1 saturated heterocycles. The molecule has 0 radical (unpaired) electrons. The Balaban J connectivity index is 2.30. The fourth-order valence-electron chi connectivity index (χ4n) is 2.14. The summed E-state index contributed by atoms with van der Waals surface area (Å²) in [7, 11) is 0. The molecular weight excluding hydrogens is 244 g/mol. The highest BCUT2D eigenvalue weighted by molar-refractivity contribution is 5.71. The van der Waals surface area contributed by atoms with Crippen LogP contribution in [0.4, 0.5) is 0 Å². The molecule has 0 aromatic heterocycles. The van der Waals surface area contributed by atoms with E-state index in [0.29, 0.717) is 12.4 Å². The lowest BCUT2D eigenvalue weighted by molar-refractivity contribution is -0.131. The number of epoxide rings is 1. The third-order valence-corrected chi connectivity index (χ3v) is 3.23. The van der Waals surface area contributed by atoms with Crippen molar-refractivity contribution in [3.05, 3.63) is 22.8 Å². The van der Waals surface area contributed by atoms with Crippen LogP contribution in [0.25, 0.3) is 0 Å². The Morgan fingerprint density at radius 3 is 2.68 bits per heavy atom. The molecule has 1 aliphatic heterocycles. The summed E-state index contributed by atoms with van der Waals surface area (Å²) in [4.78, 5) is 11.2. The first-order valence-electron chi connectivity index (χ1n) is 6.58. The van der Waals surface area contributed by atoms with Gasteiger partial charge in [0.25, 0.3) is 0 Å². The Bertz CT molecular complexity index is 489. The molecule has 1 aromatic rings. The van der Waals surface area contributed by atoms with Crippen molar-refractivity contribution in [3.63, 3.8) is 0 Å². The lowest BCUT2D eigenvalue weighted by Crippen LogP contribution is -2.10. The van der Waals surface area contributed by atoms with E-state index in [1.54, 1.807) is 0 Å². The van der Waals surface area contributed by atoms with E-state index in [-0.39, 0.29) is 12.1 Å². The quantitative estimate of drug-likeness (QED) is 0.466. The maximum Gasteiger partial charge on any atom is 0.308 e. The van der Waals surface area contributed by atoms with Crippen LogP contribution in [0.5, 0.6) is 11.5 Å². The van der Waals surface area contributed by atoms with Gasteiger partial charge in [-0.3, -0.25) is 4.79 Å². The Kier molecular flexibility index (Phi) is 4.10. The predicted octanol–water partition coefficient (Wildman–Crippen LogP) is 2.57. The van der Waals surface area contributed by atoms with Gasteiger partial charge in [-0.25, -0.2) is 0 Å². The second-order valence-electron chi connectivity index (χ2n) is 4.84. The van der Waals surface area contributed by atoms with Gasteiger partial charge in [0.2, 0.25) is 0 Å². The first-order valence-corrected chi connectivity index (χ1v) is 6.58. The second-order valence-corrected chi connectivity index (χ2v) is 4.84. The number of carbonyl (C=O) groups excluding carboxylic acids is 1. The minimum atomic E-state index is -0.294. The van der Waals surface area contributed by atoms with Crippen LogP contribution in [-0.2, 0) is 16.0 Å². The third kappa shape index (κ3) is 3.26. The zero-order valence-electron chi connectivity index (χ0n) is 11.9. The predicted molar refractivity (Wildman–Crippen MR) is 71.8 cm³/mol. The molecule has 0 bridgehead atoms. The summed E-state index contributed by atoms with van der Waals surface area (Å²) in [5.74, 6) is 1.22. The summed E-state index contributed by atoms with van der Waals surface area (Å²) >= 11 is 0. The van der Waals surface area contributed by atoms with Gasteiger partial charge in [0.05, 0.1) is 6.61 Å². The molecule has 0 aliphatic carbocycles. The number of esters is 1. The van der Waals surface area contributed by atoms with Gasteiger partial charge in [-0.1, -0.05) is 6.92 Å². The van der Waals surface area contributed by atoms with E-state index in [9.17, 15) is 4.79 Å². The van der Waals surface area contributed by atoms with Crippen LogP contribution < -0.4 is 9.47 Å². The summed E-state index contributed by atoms with van der Waals surface area (Å²) in [5, 5.41) is 0. The lowest BCUT2D eigenvalue weighted by atomic mass is 10.0. The van der Waals surface area contributed by atoms with Crippen molar-refractivity contribution >= 4 is 5.97 Å². The molecule has 0 unspecified atom stereocenters. The molecule has 1 fully saturated rings. The maximum absolute atomic E-state index is 11.2. The highest BCUT2D eigenvalue weighted by Crippen LogP contribution is 2.34. The van der Waals surface area contributed by atoms with Crippen molar-refractivity contribution in [2.24, 2.45) is 0 Å². The van der Waals surface area contributed by atoms with Crippen molar-refractivity contribution < 1.29 is 19.0 Å². The van der Waals surface area contributed by atoms with E-state index < -0.39 is 0 Å². The molecule has 0 N–H and O–H groups in total. The van der Waals surface area contributed by atoms with Gasteiger partial charge in [-0.15, -0.1) is 0 Å². The zero-order chi connectivity index (χ0) is 14.0. The van der Waals surface area contributed by atoms with Gasteiger partial charge in [-0.05, 0) is 37.5 Å². The van der Waals surface area contributed by atoms with Crippen LogP contribution in [0.1, 0.15) is 30.5 Å². The smallest absolute Gasteiger partial charge is 0.308 e. The summed E-state index contributed by atoms with van der Waals surface area (Å²) in [6.45, 7) is 8.75. The Morgan fingerprint density at radius 1 is 1.47 bits per heavy atom. The molecule has 1 heterocycles. The van der Waals surface area contributed by atoms with E-state index in [4.69, 9.17) is 14.2 Å². The van der Waals surface area contributed by atoms with Crippen molar-refractivity contribution in [1.82, 2.24) is 0 Å². The maximum atomic E-state index is 11.2. The van der Waals surface area contributed by atoms with E-state index >= 15 is 0 Å². The monoisotopic (exact) mass is 264 g/mol. The number of rotatable bonds is 5. The average Bonchev–Trinajstić information content (AvgIpc) is 3.15. The van der Waals surface area contributed by atoms with Crippen molar-refractivity contribution in [1.29, 1.82) is 0 Å². The van der Waals surface area contributed by atoms with Crippen molar-refractivity contribution in [2.75, 3.05) is 13.2 Å². The normalized spacial score (nSPS) is 17.2. The van der Waals surface area contributed by atoms with E-state index in [1.165, 1.54) is 6.92 Å². The van der Waals surface area contributed by atoms with Crippen molar-refractivity contribution in [2.45, 2.75) is 40.2 Å². The minimum Gasteiger partial charge on any atom is -0.490 e. The molecule has 1 aromatic carbocycles. The standard InChI is InChI=1S/C15H20O4/c1-5-13-10(3)14(18-8-12-7-17-12)6-9(2)15(13)19-11(4)16/h6,12H,5,7-8H2,1-4H3/t12-/m1/s1. The highest BCUT2D eigenvalue weighted by Gasteiger charge is 2.24. The average molecular weight is 264 g/mol. The molecular formula is C15H20O4. The topological polar surface area (TPSA) is 48.1 Å². The molecule has 2 rings (SSSR count). The minimum absolute atomic E-state index is 0.234. The number of benzene rings is 1. The van der Waals surface area contributed by atoms with E-state index in [0.717, 1.165) is 35.5 Å². The number of hydrogen-bond donors (Lipinski definition) is 0. The van der Waals surface area contributed by atoms with Gasteiger partial charge in [-0.2, -0.15) is 0 Å². The Morgan fingerprint density at radius 2 is 2.16 bits per heavy atom. The number of carbonyl (C=O) groups is 1. The van der Waals surface area contributed by atoms with Crippen molar-refractivity contribution in [3.8, 4) is 11.5 Å². The number of hydrogen-bond acceptors (Lipinski definition) is 4. The van der Waals surface area contributed by atoms with Crippen LogP contribution in [0.15, 0.2) is 6.07 Å². The summed E-state index contributed by atoms with van der Waals surface area (Å²) in [5.41, 5.74) is 2.98. The number of ether oxygens (including phenoxy) is 3. The zero-order valence-corrected chi connectivity index (χ0v) is 11.9. The van der Waals surface area contributed by atoms with Gasteiger partial charge in [0.15, 0.2) is 0 Å². The first kappa shape index (κ1) is 13.9. The Labute approximate surface area is 113 Å². The molecule has 0 spiro atoms. The van der Waals surface area contributed by atoms with Gasteiger partial charge in [0.1, 0.15) is 24.2 Å². The third-order valence-electron chi connectivity index (χ3n) is 3.23. The highest BCUT2D eigenvalue weighted by atomic mass is 16.6. The molecule has 4 nitrogen and oxygen atoms in total. The summed E-state index contributed by atoms with van der Waals surface area (Å²) < 4.78 is 16.2. The second kappa shape index (κ2) is 5.61. The van der Waals surface area contributed by atoms with Crippen LogP contribution in [-0.4, -0.2) is 25.3 Å². The molecule has 0 saturated carbocycles. The number of aryl methyl sites for hydroxylation is 1. The molecule has 104 valence electrons.